The van der Waals surface area contributed by atoms with Crippen LogP contribution < -0.4 is 5.32 Å². The van der Waals surface area contributed by atoms with Crippen molar-refractivity contribution >= 4 is 0 Å². The van der Waals surface area contributed by atoms with E-state index in [4.69, 9.17) is 0 Å². The molecule has 0 aliphatic heterocycles. The highest BCUT2D eigenvalue weighted by Crippen LogP contribution is 2.10. The number of halogens is 1. The average Bonchev–Trinajstić information content (AvgIpc) is 2.43. The predicted octanol–water partition coefficient (Wildman–Crippen LogP) is 2.95. The summed E-state index contributed by atoms with van der Waals surface area (Å²) in [5.74, 6) is 1.05. The Morgan fingerprint density at radius 2 is 1.85 bits per heavy atom. The lowest BCUT2D eigenvalue weighted by Crippen LogP contribution is -2.19. The molecule has 0 aliphatic rings. The minimum absolute atomic E-state index is 0.209. The van der Waals surface area contributed by atoms with E-state index in [9.17, 15) is 4.39 Å². The lowest BCUT2D eigenvalue weighted by atomic mass is 10.1. The Morgan fingerprint density at radius 3 is 2.50 bits per heavy atom. The van der Waals surface area contributed by atoms with Gasteiger partial charge in [0.25, 0.3) is 0 Å². The normalized spacial score (nSPS) is 11.0. The molecule has 1 heterocycles. The minimum atomic E-state index is -0.209. The molecular weight excluding hydrogens is 253 g/mol. The lowest BCUT2D eigenvalue weighted by molar-refractivity contribution is 0.551. The Labute approximate surface area is 119 Å². The van der Waals surface area contributed by atoms with Gasteiger partial charge in [-0.05, 0) is 24.1 Å². The van der Waals surface area contributed by atoms with Crippen LogP contribution in [0.2, 0.25) is 0 Å². The summed E-state index contributed by atoms with van der Waals surface area (Å²) in [5, 5.41) is 3.34. The van der Waals surface area contributed by atoms with Crippen LogP contribution in [0.3, 0.4) is 0 Å². The van der Waals surface area contributed by atoms with E-state index in [-0.39, 0.29) is 5.82 Å². The van der Waals surface area contributed by atoms with Crippen molar-refractivity contribution in [1.82, 2.24) is 15.3 Å². The summed E-state index contributed by atoms with van der Waals surface area (Å²) >= 11 is 0. The van der Waals surface area contributed by atoms with Crippen molar-refractivity contribution in [1.29, 1.82) is 0 Å². The maximum Gasteiger partial charge on any atom is 0.132 e. The van der Waals surface area contributed by atoms with Gasteiger partial charge in [-0.2, -0.15) is 0 Å². The summed E-state index contributed by atoms with van der Waals surface area (Å²) < 4.78 is 13.5. The molecule has 0 saturated heterocycles. The van der Waals surface area contributed by atoms with Gasteiger partial charge in [-0.1, -0.05) is 32.0 Å². The zero-order valence-corrected chi connectivity index (χ0v) is 11.9. The molecule has 4 heteroatoms. The lowest BCUT2D eigenvalue weighted by Gasteiger charge is -2.07. The van der Waals surface area contributed by atoms with Crippen LogP contribution in [0, 0.1) is 11.7 Å². The second-order valence-corrected chi connectivity index (χ2v) is 5.30. The Kier molecular flexibility index (Phi) is 5.18. The van der Waals surface area contributed by atoms with Crippen molar-refractivity contribution < 1.29 is 4.39 Å². The van der Waals surface area contributed by atoms with Gasteiger partial charge in [0, 0.05) is 30.9 Å². The molecule has 0 bridgehead atoms. The monoisotopic (exact) mass is 273 g/mol. The van der Waals surface area contributed by atoms with Gasteiger partial charge in [-0.3, -0.25) is 0 Å². The number of nitrogens with zero attached hydrogens (tertiary/aromatic N) is 2. The zero-order chi connectivity index (χ0) is 14.4. The Balaban J connectivity index is 1.93. The van der Waals surface area contributed by atoms with E-state index in [1.165, 1.54) is 6.07 Å². The van der Waals surface area contributed by atoms with Crippen molar-refractivity contribution in [2.24, 2.45) is 5.92 Å². The smallest absolute Gasteiger partial charge is 0.132 e. The molecule has 0 fully saturated rings. The fraction of sp³-hybridized carbons (Fsp3) is 0.375. The van der Waals surface area contributed by atoms with Gasteiger partial charge < -0.3 is 5.32 Å². The molecule has 0 unspecified atom stereocenters. The van der Waals surface area contributed by atoms with Crippen LogP contribution in [0.1, 0.15) is 30.8 Å². The van der Waals surface area contributed by atoms with E-state index in [1.54, 1.807) is 24.5 Å². The molecule has 1 N–H and O–H groups in total. The van der Waals surface area contributed by atoms with E-state index in [1.807, 2.05) is 6.07 Å². The average molecular weight is 273 g/mol. The fourth-order valence-electron chi connectivity index (χ4n) is 1.88. The van der Waals surface area contributed by atoms with Crippen molar-refractivity contribution in [3.63, 3.8) is 0 Å². The van der Waals surface area contributed by atoms with Crippen LogP contribution in [-0.4, -0.2) is 16.5 Å². The molecule has 0 atom stereocenters. The minimum Gasteiger partial charge on any atom is -0.312 e. The van der Waals surface area contributed by atoms with Gasteiger partial charge in [-0.25, -0.2) is 14.4 Å². The highest BCUT2D eigenvalue weighted by Gasteiger charge is 2.04. The van der Waals surface area contributed by atoms with Gasteiger partial charge in [0.2, 0.25) is 0 Å². The van der Waals surface area contributed by atoms with Crippen LogP contribution in [0.15, 0.2) is 36.7 Å². The van der Waals surface area contributed by atoms with Crippen LogP contribution in [0.4, 0.5) is 4.39 Å². The van der Waals surface area contributed by atoms with E-state index in [2.05, 4.69) is 29.1 Å². The number of rotatable bonds is 6. The molecule has 0 aliphatic carbocycles. The summed E-state index contributed by atoms with van der Waals surface area (Å²) in [5.41, 5.74) is 1.67. The molecule has 1 aromatic carbocycles. The van der Waals surface area contributed by atoms with Crippen LogP contribution >= 0.6 is 0 Å². The molecule has 1 aromatic heterocycles. The third kappa shape index (κ3) is 4.38. The molecular formula is C16H20FN3. The zero-order valence-electron chi connectivity index (χ0n) is 11.9. The van der Waals surface area contributed by atoms with Crippen LogP contribution in [0.25, 0.3) is 0 Å². The molecule has 20 heavy (non-hydrogen) atoms. The predicted molar refractivity (Wildman–Crippen MR) is 77.8 cm³/mol. The topological polar surface area (TPSA) is 37.8 Å². The number of benzene rings is 1. The molecule has 0 spiro atoms. The molecule has 0 amide bonds. The van der Waals surface area contributed by atoms with Crippen molar-refractivity contribution in [2.75, 3.05) is 6.54 Å². The van der Waals surface area contributed by atoms with E-state index < -0.39 is 0 Å². The quantitative estimate of drug-likeness (QED) is 0.879. The highest BCUT2D eigenvalue weighted by molar-refractivity contribution is 5.21. The van der Waals surface area contributed by atoms with Crippen molar-refractivity contribution in [3.8, 4) is 0 Å². The van der Waals surface area contributed by atoms with E-state index >= 15 is 0 Å². The molecule has 2 aromatic rings. The second kappa shape index (κ2) is 7.10. The molecule has 106 valence electrons. The largest absolute Gasteiger partial charge is 0.312 e. The first-order chi connectivity index (χ1) is 9.65. The summed E-state index contributed by atoms with van der Waals surface area (Å²) in [6, 6.07) is 6.72. The number of hydrogen-bond donors (Lipinski definition) is 1. The molecule has 2 rings (SSSR count). The highest BCUT2D eigenvalue weighted by atomic mass is 19.1. The molecule has 3 nitrogen and oxygen atoms in total. The third-order valence-electron chi connectivity index (χ3n) is 2.95. The first-order valence-electron chi connectivity index (χ1n) is 6.89. The summed E-state index contributed by atoms with van der Waals surface area (Å²) in [4.78, 5) is 8.59. The van der Waals surface area contributed by atoms with Gasteiger partial charge in [-0.15, -0.1) is 0 Å². The first-order valence-corrected chi connectivity index (χ1v) is 6.89. The van der Waals surface area contributed by atoms with E-state index in [0.29, 0.717) is 23.7 Å². The molecule has 0 radical (unpaired) electrons. The van der Waals surface area contributed by atoms with E-state index in [0.717, 1.165) is 18.7 Å². The Morgan fingerprint density at radius 1 is 1.15 bits per heavy atom. The standard InChI is InChI=1S/C16H20FN3/c1-12(2)8-18-9-13-10-19-16(20-11-13)7-14-5-3-4-6-15(14)17/h3-6,10-12,18H,7-9H2,1-2H3. The molecule has 0 saturated carbocycles. The van der Waals surface area contributed by atoms with Crippen molar-refractivity contribution in [2.45, 2.75) is 26.8 Å². The Hall–Kier alpha value is -1.81. The third-order valence-corrected chi connectivity index (χ3v) is 2.95. The first kappa shape index (κ1) is 14.6. The number of aromatic nitrogens is 2. The van der Waals surface area contributed by atoms with Crippen LogP contribution in [0.5, 0.6) is 0 Å². The van der Waals surface area contributed by atoms with Gasteiger partial charge in [0.05, 0.1) is 0 Å². The van der Waals surface area contributed by atoms with Gasteiger partial charge >= 0.3 is 0 Å². The fourth-order valence-corrected chi connectivity index (χ4v) is 1.88. The van der Waals surface area contributed by atoms with Crippen molar-refractivity contribution in [3.05, 3.63) is 59.4 Å². The summed E-state index contributed by atoms with van der Waals surface area (Å²) in [6.45, 7) is 6.07. The SMILES string of the molecule is CC(C)CNCc1cnc(Cc2ccccc2F)nc1. The summed E-state index contributed by atoms with van der Waals surface area (Å²) in [6.07, 6.45) is 4.03. The maximum atomic E-state index is 13.5. The second-order valence-electron chi connectivity index (χ2n) is 5.30. The number of hydrogen-bond acceptors (Lipinski definition) is 3. The Bertz CT molecular complexity index is 538. The summed E-state index contributed by atoms with van der Waals surface area (Å²) in [7, 11) is 0. The van der Waals surface area contributed by atoms with Crippen LogP contribution in [-0.2, 0) is 13.0 Å². The maximum absolute atomic E-state index is 13.5. The number of nitrogens with one attached hydrogen (secondary N) is 1. The van der Waals surface area contributed by atoms with Gasteiger partial charge in [0.1, 0.15) is 11.6 Å². The van der Waals surface area contributed by atoms with Gasteiger partial charge in [0.15, 0.2) is 0 Å².